The van der Waals surface area contributed by atoms with Gasteiger partial charge in [-0.15, -0.1) is 5.73 Å². The zero-order chi connectivity index (χ0) is 8.97. The average Bonchev–Trinajstić information content (AvgIpc) is 2.05. The molecule has 0 aromatic rings. The second-order valence-electron chi connectivity index (χ2n) is 2.89. The van der Waals surface area contributed by atoms with Crippen molar-refractivity contribution in [1.82, 2.24) is 0 Å². The van der Waals surface area contributed by atoms with Gasteiger partial charge >= 0.3 is 0 Å². The molecule has 0 aliphatic heterocycles. The van der Waals surface area contributed by atoms with Crippen LogP contribution in [0.4, 0.5) is 0 Å². The van der Waals surface area contributed by atoms with Crippen molar-refractivity contribution in [1.29, 1.82) is 0 Å². The van der Waals surface area contributed by atoms with Gasteiger partial charge in [-0.05, 0) is 25.3 Å². The molecule has 0 saturated carbocycles. The van der Waals surface area contributed by atoms with Gasteiger partial charge in [-0.25, -0.2) is 0 Å². The first-order valence-electron chi connectivity index (χ1n) is 4.02. The van der Waals surface area contributed by atoms with E-state index in [0.717, 1.165) is 5.57 Å². The molecule has 0 aromatic carbocycles. The Hall–Kier alpha value is -1.33. The molecule has 0 radical (unpaired) electrons. The molecule has 0 amide bonds. The first kappa shape index (κ1) is 8.76. The van der Waals surface area contributed by atoms with Crippen LogP contribution in [0.3, 0.4) is 0 Å². The van der Waals surface area contributed by atoms with Gasteiger partial charge in [0, 0.05) is 17.7 Å². The third-order valence-corrected chi connectivity index (χ3v) is 1.90. The van der Waals surface area contributed by atoms with Crippen LogP contribution in [0.2, 0.25) is 0 Å². The van der Waals surface area contributed by atoms with Gasteiger partial charge in [-0.3, -0.25) is 4.99 Å². The lowest BCUT2D eigenvalue weighted by molar-refractivity contribution is 0.867. The maximum Gasteiger partial charge on any atom is 0.0298 e. The number of hydrogen-bond acceptors (Lipinski definition) is 1. The lowest BCUT2D eigenvalue weighted by Gasteiger charge is -2.11. The summed E-state index contributed by atoms with van der Waals surface area (Å²) in [4.78, 5) is 3.73. The predicted molar refractivity (Wildman–Crippen MR) is 53.2 cm³/mol. The van der Waals surface area contributed by atoms with E-state index in [1.54, 1.807) is 6.20 Å². The Morgan fingerprint density at radius 2 is 2.50 bits per heavy atom. The highest BCUT2D eigenvalue weighted by molar-refractivity contribution is 5.38. The Balaban J connectivity index is 2.97. The maximum atomic E-state index is 3.73. The van der Waals surface area contributed by atoms with E-state index in [2.05, 4.69) is 30.4 Å². The van der Waals surface area contributed by atoms with E-state index < -0.39 is 0 Å². The number of nitrogens with zero attached hydrogens (tertiary/aromatic N) is 1. The quantitative estimate of drug-likeness (QED) is 0.434. The molecule has 1 heteroatoms. The Morgan fingerprint density at radius 1 is 1.75 bits per heavy atom. The highest BCUT2D eigenvalue weighted by atomic mass is 14.6. The van der Waals surface area contributed by atoms with Crippen LogP contribution >= 0.6 is 0 Å². The van der Waals surface area contributed by atoms with Gasteiger partial charge in [0.05, 0.1) is 0 Å². The Labute approximate surface area is 73.5 Å². The highest BCUT2D eigenvalue weighted by Gasteiger charge is 2.07. The molecule has 0 aromatic heterocycles. The molecule has 1 unspecified atom stereocenters. The average molecular weight is 159 g/mol. The van der Waals surface area contributed by atoms with Crippen LogP contribution < -0.4 is 0 Å². The fourth-order valence-corrected chi connectivity index (χ4v) is 1.27. The van der Waals surface area contributed by atoms with E-state index >= 15 is 0 Å². The zero-order valence-corrected chi connectivity index (χ0v) is 7.54. The number of rotatable bonds is 2. The second kappa shape index (κ2) is 3.89. The maximum absolute atomic E-state index is 3.73. The summed E-state index contributed by atoms with van der Waals surface area (Å²) in [7, 11) is 0. The summed E-state index contributed by atoms with van der Waals surface area (Å²) in [5, 5.41) is 0. The minimum absolute atomic E-state index is 0.438. The van der Waals surface area contributed by atoms with Crippen molar-refractivity contribution in [3.63, 3.8) is 0 Å². The first-order valence-corrected chi connectivity index (χ1v) is 4.02. The molecular formula is C11H13N. The summed E-state index contributed by atoms with van der Waals surface area (Å²) in [5.74, 6) is 0.438. The third kappa shape index (κ3) is 1.84. The van der Waals surface area contributed by atoms with Crippen molar-refractivity contribution >= 4 is 6.72 Å². The van der Waals surface area contributed by atoms with Gasteiger partial charge in [0.15, 0.2) is 0 Å². The van der Waals surface area contributed by atoms with Crippen LogP contribution in [-0.4, -0.2) is 6.72 Å². The van der Waals surface area contributed by atoms with E-state index in [-0.39, 0.29) is 0 Å². The Kier molecular flexibility index (Phi) is 2.84. The van der Waals surface area contributed by atoms with Gasteiger partial charge in [0.1, 0.15) is 0 Å². The molecular weight excluding hydrogens is 146 g/mol. The van der Waals surface area contributed by atoms with Crippen LogP contribution in [-0.2, 0) is 0 Å². The summed E-state index contributed by atoms with van der Waals surface area (Å²) in [5.41, 5.74) is 5.54. The predicted octanol–water partition coefficient (Wildman–Crippen LogP) is 2.88. The SMILES string of the molecule is C=N/C=C(\C)C1=C=CC=CC1C. The molecule has 0 N–H and O–H groups in total. The van der Waals surface area contributed by atoms with E-state index in [1.807, 2.05) is 19.1 Å². The molecule has 1 aliphatic rings. The van der Waals surface area contributed by atoms with Gasteiger partial charge in [-0.1, -0.05) is 19.1 Å². The summed E-state index contributed by atoms with van der Waals surface area (Å²) < 4.78 is 0. The van der Waals surface area contributed by atoms with Crippen molar-refractivity contribution in [2.24, 2.45) is 10.9 Å². The largest absolute Gasteiger partial charge is 0.272 e. The van der Waals surface area contributed by atoms with Crippen molar-refractivity contribution in [2.45, 2.75) is 13.8 Å². The van der Waals surface area contributed by atoms with Crippen molar-refractivity contribution in [2.75, 3.05) is 0 Å². The minimum Gasteiger partial charge on any atom is -0.272 e. The van der Waals surface area contributed by atoms with Gasteiger partial charge < -0.3 is 0 Å². The highest BCUT2D eigenvalue weighted by Crippen LogP contribution is 2.21. The number of allylic oxidation sites excluding steroid dienone is 4. The van der Waals surface area contributed by atoms with Crippen molar-refractivity contribution < 1.29 is 0 Å². The Bertz CT molecular complexity index is 299. The van der Waals surface area contributed by atoms with E-state index in [1.165, 1.54) is 5.57 Å². The molecule has 0 heterocycles. The fourth-order valence-electron chi connectivity index (χ4n) is 1.27. The molecule has 1 atom stereocenters. The van der Waals surface area contributed by atoms with E-state index in [9.17, 15) is 0 Å². The molecule has 12 heavy (non-hydrogen) atoms. The minimum atomic E-state index is 0.438. The van der Waals surface area contributed by atoms with Crippen LogP contribution in [0.1, 0.15) is 13.8 Å². The molecule has 62 valence electrons. The second-order valence-corrected chi connectivity index (χ2v) is 2.89. The smallest absolute Gasteiger partial charge is 0.0298 e. The molecule has 0 fully saturated rings. The van der Waals surface area contributed by atoms with Crippen LogP contribution in [0.25, 0.3) is 0 Å². The van der Waals surface area contributed by atoms with E-state index in [4.69, 9.17) is 0 Å². The third-order valence-electron chi connectivity index (χ3n) is 1.90. The molecule has 0 bridgehead atoms. The van der Waals surface area contributed by atoms with Crippen LogP contribution in [0.5, 0.6) is 0 Å². The normalized spacial score (nSPS) is 22.3. The lowest BCUT2D eigenvalue weighted by atomic mass is 9.93. The molecule has 0 spiro atoms. The number of aliphatic imine (C=N–C) groups is 1. The van der Waals surface area contributed by atoms with Gasteiger partial charge in [0.2, 0.25) is 0 Å². The topological polar surface area (TPSA) is 12.4 Å². The first-order chi connectivity index (χ1) is 5.75. The summed E-state index contributed by atoms with van der Waals surface area (Å²) in [6.07, 6.45) is 7.86. The number of hydrogen-bond donors (Lipinski definition) is 0. The van der Waals surface area contributed by atoms with Crippen LogP contribution in [0, 0.1) is 5.92 Å². The van der Waals surface area contributed by atoms with Crippen molar-refractivity contribution in [3.8, 4) is 0 Å². The van der Waals surface area contributed by atoms with Gasteiger partial charge in [-0.2, -0.15) is 0 Å². The molecule has 1 aliphatic carbocycles. The summed E-state index contributed by atoms with van der Waals surface area (Å²) in [6, 6.07) is 0. The summed E-state index contributed by atoms with van der Waals surface area (Å²) in [6.45, 7) is 7.60. The molecule has 0 saturated heterocycles. The lowest BCUT2D eigenvalue weighted by Crippen LogP contribution is -1.97. The molecule has 1 nitrogen and oxygen atoms in total. The van der Waals surface area contributed by atoms with Crippen molar-refractivity contribution in [3.05, 3.63) is 41.3 Å². The standard InChI is InChI=1S/C11H13N/c1-9-6-4-5-7-11(9)10(2)8-12-3/h4-6,8-9H,3H2,1-2H3/b10-8+. The Morgan fingerprint density at radius 3 is 3.08 bits per heavy atom. The monoisotopic (exact) mass is 159 g/mol. The van der Waals surface area contributed by atoms with Crippen LogP contribution in [0.15, 0.2) is 46.3 Å². The summed E-state index contributed by atoms with van der Waals surface area (Å²) >= 11 is 0. The molecule has 1 rings (SSSR count). The zero-order valence-electron chi connectivity index (χ0n) is 7.54. The van der Waals surface area contributed by atoms with Gasteiger partial charge in [0.25, 0.3) is 0 Å². The fraction of sp³-hybridized carbons (Fsp3) is 0.273. The van der Waals surface area contributed by atoms with E-state index in [0.29, 0.717) is 5.92 Å².